The van der Waals surface area contributed by atoms with Crippen LogP contribution in [0.4, 0.5) is 15.8 Å². The molecular formula is C11H10FN3O2S. The number of nitrogens with zero attached hydrogens (tertiary/aromatic N) is 1. The Labute approximate surface area is 104 Å². The molecule has 0 aliphatic heterocycles. The highest BCUT2D eigenvalue weighted by Gasteiger charge is 2.17. The standard InChI is InChI=1S/C11H10FN3O2S/c12-8-5-9(7-14-6-8)15-18(16,17)11-4-2-1-3-10(11)13/h1-7,15H,13H2. The fourth-order valence-corrected chi connectivity index (χ4v) is 2.57. The van der Waals surface area contributed by atoms with Gasteiger partial charge in [-0.3, -0.25) is 9.71 Å². The molecule has 1 aromatic heterocycles. The van der Waals surface area contributed by atoms with Gasteiger partial charge in [0, 0.05) is 6.07 Å². The molecule has 0 amide bonds. The number of nitrogens with one attached hydrogen (secondary N) is 1. The van der Waals surface area contributed by atoms with E-state index in [-0.39, 0.29) is 16.3 Å². The zero-order chi connectivity index (χ0) is 13.2. The summed E-state index contributed by atoms with van der Waals surface area (Å²) in [5.74, 6) is -0.628. The summed E-state index contributed by atoms with van der Waals surface area (Å²) in [6.45, 7) is 0. The van der Waals surface area contributed by atoms with Crippen molar-refractivity contribution < 1.29 is 12.8 Å². The molecule has 0 atom stereocenters. The first-order chi connectivity index (χ1) is 8.49. The summed E-state index contributed by atoms with van der Waals surface area (Å²) in [5.41, 5.74) is 5.74. The number of hydrogen-bond acceptors (Lipinski definition) is 4. The molecule has 5 nitrogen and oxygen atoms in total. The molecule has 2 aromatic rings. The number of benzene rings is 1. The Morgan fingerprint density at radius 1 is 1.22 bits per heavy atom. The first kappa shape index (κ1) is 12.3. The van der Waals surface area contributed by atoms with Crippen molar-refractivity contribution in [3.8, 4) is 0 Å². The molecule has 0 aliphatic carbocycles. The number of para-hydroxylation sites is 1. The van der Waals surface area contributed by atoms with Crippen LogP contribution in [0.1, 0.15) is 0 Å². The summed E-state index contributed by atoms with van der Waals surface area (Å²) in [6, 6.07) is 7.04. The molecule has 7 heteroatoms. The lowest BCUT2D eigenvalue weighted by Gasteiger charge is -2.09. The van der Waals surface area contributed by atoms with E-state index in [1.807, 2.05) is 0 Å². The van der Waals surface area contributed by atoms with Gasteiger partial charge in [0.15, 0.2) is 0 Å². The Balaban J connectivity index is 2.37. The van der Waals surface area contributed by atoms with E-state index in [9.17, 15) is 12.8 Å². The number of hydrogen-bond donors (Lipinski definition) is 2. The van der Waals surface area contributed by atoms with E-state index in [1.165, 1.54) is 18.3 Å². The van der Waals surface area contributed by atoms with Crippen LogP contribution in [0.15, 0.2) is 47.6 Å². The molecule has 0 unspecified atom stereocenters. The Morgan fingerprint density at radius 3 is 2.61 bits per heavy atom. The number of nitrogens with two attached hydrogens (primary N) is 1. The Morgan fingerprint density at radius 2 is 1.94 bits per heavy atom. The van der Waals surface area contributed by atoms with Gasteiger partial charge in [-0.25, -0.2) is 12.8 Å². The molecule has 0 spiro atoms. The third-order valence-corrected chi connectivity index (χ3v) is 3.62. The number of rotatable bonds is 3. The zero-order valence-electron chi connectivity index (χ0n) is 9.17. The number of nitrogen functional groups attached to an aromatic ring is 1. The van der Waals surface area contributed by atoms with E-state index in [1.54, 1.807) is 12.1 Å². The van der Waals surface area contributed by atoms with Crippen molar-refractivity contribution >= 4 is 21.4 Å². The molecular weight excluding hydrogens is 257 g/mol. The Hall–Kier alpha value is -2.15. The van der Waals surface area contributed by atoms with Gasteiger partial charge in [0.05, 0.1) is 23.8 Å². The smallest absolute Gasteiger partial charge is 0.263 e. The van der Waals surface area contributed by atoms with Crippen LogP contribution in [0.5, 0.6) is 0 Å². The second-order valence-corrected chi connectivity index (χ2v) is 5.19. The topological polar surface area (TPSA) is 85.1 Å². The molecule has 0 fully saturated rings. The van der Waals surface area contributed by atoms with Crippen molar-refractivity contribution in [1.82, 2.24) is 4.98 Å². The van der Waals surface area contributed by atoms with Crippen LogP contribution in [0.3, 0.4) is 0 Å². The second kappa shape index (κ2) is 4.61. The van der Waals surface area contributed by atoms with Gasteiger partial charge in [-0.05, 0) is 12.1 Å². The molecule has 18 heavy (non-hydrogen) atoms. The number of aromatic nitrogens is 1. The minimum atomic E-state index is -3.84. The minimum Gasteiger partial charge on any atom is -0.398 e. The van der Waals surface area contributed by atoms with Gasteiger partial charge in [-0.15, -0.1) is 0 Å². The maximum absolute atomic E-state index is 12.9. The molecule has 2 rings (SSSR count). The summed E-state index contributed by atoms with van der Waals surface area (Å²) in [4.78, 5) is 3.49. The monoisotopic (exact) mass is 267 g/mol. The third kappa shape index (κ3) is 2.57. The van der Waals surface area contributed by atoms with Crippen LogP contribution in [0.25, 0.3) is 0 Å². The van der Waals surface area contributed by atoms with E-state index in [4.69, 9.17) is 5.73 Å². The predicted octanol–water partition coefficient (Wildman–Crippen LogP) is 1.60. The quantitative estimate of drug-likeness (QED) is 0.827. The number of halogens is 1. The molecule has 0 aliphatic rings. The molecule has 0 radical (unpaired) electrons. The summed E-state index contributed by atoms with van der Waals surface area (Å²) >= 11 is 0. The first-order valence-electron chi connectivity index (χ1n) is 4.97. The zero-order valence-corrected chi connectivity index (χ0v) is 9.99. The predicted molar refractivity (Wildman–Crippen MR) is 65.9 cm³/mol. The molecule has 3 N–H and O–H groups in total. The first-order valence-corrected chi connectivity index (χ1v) is 6.45. The van der Waals surface area contributed by atoms with E-state index in [0.29, 0.717) is 0 Å². The van der Waals surface area contributed by atoms with Crippen molar-refractivity contribution in [1.29, 1.82) is 0 Å². The normalized spacial score (nSPS) is 11.2. The lowest BCUT2D eigenvalue weighted by atomic mass is 10.3. The van der Waals surface area contributed by atoms with Crippen LogP contribution in [0.2, 0.25) is 0 Å². The van der Waals surface area contributed by atoms with Crippen LogP contribution in [-0.4, -0.2) is 13.4 Å². The van der Waals surface area contributed by atoms with Gasteiger partial charge in [-0.1, -0.05) is 12.1 Å². The fraction of sp³-hybridized carbons (Fsp3) is 0. The molecule has 0 saturated carbocycles. The summed E-state index contributed by atoms with van der Waals surface area (Å²) in [5, 5.41) is 0. The van der Waals surface area contributed by atoms with Crippen LogP contribution >= 0.6 is 0 Å². The average Bonchev–Trinajstić information content (AvgIpc) is 2.28. The SMILES string of the molecule is Nc1ccccc1S(=O)(=O)Nc1cncc(F)c1. The summed E-state index contributed by atoms with van der Waals surface area (Å²) in [6.07, 6.45) is 2.19. The lowest BCUT2D eigenvalue weighted by Crippen LogP contribution is -2.14. The van der Waals surface area contributed by atoms with Gasteiger partial charge < -0.3 is 5.73 Å². The van der Waals surface area contributed by atoms with Crippen LogP contribution < -0.4 is 10.5 Å². The number of anilines is 2. The van der Waals surface area contributed by atoms with Gasteiger partial charge in [0.25, 0.3) is 10.0 Å². The highest BCUT2D eigenvalue weighted by atomic mass is 32.2. The van der Waals surface area contributed by atoms with Crippen molar-refractivity contribution in [3.63, 3.8) is 0 Å². The highest BCUT2D eigenvalue weighted by Crippen LogP contribution is 2.20. The van der Waals surface area contributed by atoms with E-state index in [2.05, 4.69) is 9.71 Å². The summed E-state index contributed by atoms with van der Waals surface area (Å²) < 4.78 is 39.1. The van der Waals surface area contributed by atoms with Crippen molar-refractivity contribution in [2.24, 2.45) is 0 Å². The highest BCUT2D eigenvalue weighted by molar-refractivity contribution is 7.92. The third-order valence-electron chi connectivity index (χ3n) is 2.17. The molecule has 1 heterocycles. The molecule has 0 saturated heterocycles. The van der Waals surface area contributed by atoms with Crippen molar-refractivity contribution in [3.05, 3.63) is 48.5 Å². The fourth-order valence-electron chi connectivity index (χ4n) is 1.40. The average molecular weight is 267 g/mol. The van der Waals surface area contributed by atoms with E-state index in [0.717, 1.165) is 12.3 Å². The van der Waals surface area contributed by atoms with Gasteiger partial charge in [0.1, 0.15) is 10.7 Å². The largest absolute Gasteiger partial charge is 0.398 e. The number of sulfonamides is 1. The Kier molecular flexibility index (Phi) is 3.15. The van der Waals surface area contributed by atoms with Crippen LogP contribution in [-0.2, 0) is 10.0 Å². The van der Waals surface area contributed by atoms with Gasteiger partial charge >= 0.3 is 0 Å². The van der Waals surface area contributed by atoms with E-state index >= 15 is 0 Å². The van der Waals surface area contributed by atoms with Crippen LogP contribution in [0, 0.1) is 5.82 Å². The maximum Gasteiger partial charge on any atom is 0.263 e. The minimum absolute atomic E-state index is 0.0400. The molecule has 1 aromatic carbocycles. The number of pyridine rings is 1. The summed E-state index contributed by atoms with van der Waals surface area (Å²) in [7, 11) is -3.84. The van der Waals surface area contributed by atoms with Gasteiger partial charge in [0.2, 0.25) is 0 Å². The van der Waals surface area contributed by atoms with Gasteiger partial charge in [-0.2, -0.15) is 0 Å². The molecule has 94 valence electrons. The maximum atomic E-state index is 12.9. The van der Waals surface area contributed by atoms with Crippen molar-refractivity contribution in [2.75, 3.05) is 10.5 Å². The van der Waals surface area contributed by atoms with Crippen molar-refractivity contribution in [2.45, 2.75) is 4.90 Å². The second-order valence-electron chi connectivity index (χ2n) is 3.54. The van der Waals surface area contributed by atoms with E-state index < -0.39 is 15.8 Å². The Bertz CT molecular complexity index is 673. The lowest BCUT2D eigenvalue weighted by molar-refractivity contribution is 0.601. The molecule has 0 bridgehead atoms.